The Morgan fingerprint density at radius 2 is 1.41 bits per heavy atom. The van der Waals surface area contributed by atoms with Crippen LogP contribution in [0.3, 0.4) is 0 Å². The van der Waals surface area contributed by atoms with Crippen LogP contribution in [0.15, 0.2) is 42.5 Å². The predicted octanol–water partition coefficient (Wildman–Crippen LogP) is 2.29. The van der Waals surface area contributed by atoms with Gasteiger partial charge in [-0.15, -0.1) is 0 Å². The molecule has 0 bridgehead atoms. The summed E-state index contributed by atoms with van der Waals surface area (Å²) < 4.78 is 27.3. The molecule has 2 amide bonds. The van der Waals surface area contributed by atoms with Crippen LogP contribution in [0, 0.1) is 11.6 Å². The van der Waals surface area contributed by atoms with Crippen LogP contribution < -0.4 is 0 Å². The van der Waals surface area contributed by atoms with E-state index >= 15 is 0 Å². The number of carbonyl (C=O) groups excluding carboxylic acids is 2. The molecule has 1 N–H and O–H groups in total. The van der Waals surface area contributed by atoms with E-state index in [9.17, 15) is 23.5 Å². The summed E-state index contributed by atoms with van der Waals surface area (Å²) in [5.74, 6) is -3.03. The molecule has 3 rings (SSSR count). The molecule has 1 unspecified atom stereocenters. The van der Waals surface area contributed by atoms with Crippen LogP contribution in [0.5, 0.6) is 0 Å². The Kier molecular flexibility index (Phi) is 3.46. The summed E-state index contributed by atoms with van der Waals surface area (Å²) in [6.45, 7) is -0.510. The van der Waals surface area contributed by atoms with Gasteiger partial charge in [-0.05, 0) is 24.3 Å². The van der Waals surface area contributed by atoms with Crippen LogP contribution >= 0.6 is 0 Å². The SMILES string of the molecule is O=C1c2ccccc2C(=O)N1CC(O)c1c(F)cccc1F. The number of rotatable bonds is 3. The second-order valence-electron chi connectivity index (χ2n) is 4.92. The lowest BCUT2D eigenvalue weighted by molar-refractivity contribution is 0.0533. The van der Waals surface area contributed by atoms with Crippen molar-refractivity contribution >= 4 is 11.8 Å². The minimum atomic E-state index is -1.64. The number of halogens is 2. The number of hydrogen-bond donors (Lipinski definition) is 1. The third-order valence-electron chi connectivity index (χ3n) is 3.57. The molecular weight excluding hydrogens is 292 g/mol. The van der Waals surface area contributed by atoms with Crippen molar-refractivity contribution in [3.8, 4) is 0 Å². The molecule has 4 nitrogen and oxygen atoms in total. The van der Waals surface area contributed by atoms with Gasteiger partial charge in [0.05, 0.1) is 23.2 Å². The number of aliphatic hydroxyl groups excluding tert-OH is 1. The van der Waals surface area contributed by atoms with Crippen LogP contribution in [-0.2, 0) is 0 Å². The third-order valence-corrected chi connectivity index (χ3v) is 3.57. The van der Waals surface area contributed by atoms with Gasteiger partial charge in [0.25, 0.3) is 11.8 Å². The first-order chi connectivity index (χ1) is 10.5. The van der Waals surface area contributed by atoms with E-state index in [1.165, 1.54) is 18.2 Å². The monoisotopic (exact) mass is 303 g/mol. The van der Waals surface area contributed by atoms with Crippen molar-refractivity contribution in [2.45, 2.75) is 6.10 Å². The van der Waals surface area contributed by atoms with Gasteiger partial charge in [-0.1, -0.05) is 18.2 Å². The van der Waals surface area contributed by atoms with Crippen LogP contribution in [0.1, 0.15) is 32.4 Å². The average molecular weight is 303 g/mol. The summed E-state index contributed by atoms with van der Waals surface area (Å²) in [7, 11) is 0. The first-order valence-electron chi connectivity index (χ1n) is 6.58. The van der Waals surface area contributed by atoms with Gasteiger partial charge in [0.2, 0.25) is 0 Å². The Morgan fingerprint density at radius 1 is 0.909 bits per heavy atom. The number of fused-ring (bicyclic) bond motifs is 1. The van der Waals surface area contributed by atoms with Crippen LogP contribution in [0.25, 0.3) is 0 Å². The van der Waals surface area contributed by atoms with Crippen molar-refractivity contribution < 1.29 is 23.5 Å². The molecule has 22 heavy (non-hydrogen) atoms. The fourth-order valence-corrected chi connectivity index (χ4v) is 2.50. The summed E-state index contributed by atoms with van der Waals surface area (Å²) in [4.78, 5) is 25.1. The molecule has 2 aromatic carbocycles. The Morgan fingerprint density at radius 3 is 1.91 bits per heavy atom. The molecule has 1 aliphatic rings. The Bertz CT molecular complexity index is 720. The number of benzene rings is 2. The highest BCUT2D eigenvalue weighted by Gasteiger charge is 2.37. The lowest BCUT2D eigenvalue weighted by Crippen LogP contribution is -2.34. The number of imide groups is 1. The maximum Gasteiger partial charge on any atom is 0.261 e. The van der Waals surface area contributed by atoms with E-state index in [-0.39, 0.29) is 11.1 Å². The van der Waals surface area contributed by atoms with E-state index in [0.717, 1.165) is 17.0 Å². The standard InChI is InChI=1S/C16H11F2NO3/c17-11-6-3-7-12(18)14(11)13(20)8-19-15(21)9-4-1-2-5-10(9)16(19)22/h1-7,13,20H,8H2. The molecule has 1 aliphatic heterocycles. The number of β-amino-alcohol motifs (C(OH)–C–C–N with tert-alkyl or cyclic N) is 1. The van der Waals surface area contributed by atoms with Crippen molar-refractivity contribution in [3.05, 3.63) is 70.8 Å². The van der Waals surface area contributed by atoms with Crippen molar-refractivity contribution in [2.24, 2.45) is 0 Å². The maximum absolute atomic E-state index is 13.6. The van der Waals surface area contributed by atoms with Gasteiger partial charge < -0.3 is 5.11 Å². The van der Waals surface area contributed by atoms with Gasteiger partial charge in [0, 0.05) is 0 Å². The zero-order valence-corrected chi connectivity index (χ0v) is 11.3. The second-order valence-corrected chi connectivity index (χ2v) is 4.92. The molecule has 0 spiro atoms. The maximum atomic E-state index is 13.6. The molecular formula is C16H11F2NO3. The lowest BCUT2D eigenvalue weighted by atomic mass is 10.1. The summed E-state index contributed by atoms with van der Waals surface area (Å²) in [6, 6.07) is 9.38. The predicted molar refractivity (Wildman–Crippen MR) is 73.1 cm³/mol. The smallest absolute Gasteiger partial charge is 0.261 e. The summed E-state index contributed by atoms with van der Waals surface area (Å²) in [5, 5.41) is 10.0. The fourth-order valence-electron chi connectivity index (χ4n) is 2.50. The number of carbonyl (C=O) groups is 2. The normalized spacial score (nSPS) is 15.1. The molecule has 6 heteroatoms. The molecule has 0 aliphatic carbocycles. The first-order valence-corrected chi connectivity index (χ1v) is 6.58. The largest absolute Gasteiger partial charge is 0.386 e. The molecule has 112 valence electrons. The minimum absolute atomic E-state index is 0.216. The molecule has 2 aromatic rings. The van der Waals surface area contributed by atoms with Gasteiger partial charge >= 0.3 is 0 Å². The van der Waals surface area contributed by atoms with Crippen molar-refractivity contribution in [1.29, 1.82) is 0 Å². The number of hydrogen-bond acceptors (Lipinski definition) is 3. The van der Waals surface area contributed by atoms with Gasteiger partial charge in [-0.2, -0.15) is 0 Å². The number of aliphatic hydroxyl groups is 1. The van der Waals surface area contributed by atoms with E-state index < -0.39 is 41.7 Å². The fraction of sp³-hybridized carbons (Fsp3) is 0.125. The Balaban J connectivity index is 1.89. The van der Waals surface area contributed by atoms with Crippen molar-refractivity contribution in [3.63, 3.8) is 0 Å². The summed E-state index contributed by atoms with van der Waals surface area (Å²) in [6.07, 6.45) is -1.64. The Hall–Kier alpha value is -2.60. The van der Waals surface area contributed by atoms with Gasteiger partial charge in [0.15, 0.2) is 0 Å². The second kappa shape index (κ2) is 5.31. The van der Waals surface area contributed by atoms with Crippen LogP contribution in [-0.4, -0.2) is 28.4 Å². The van der Waals surface area contributed by atoms with Crippen molar-refractivity contribution in [2.75, 3.05) is 6.54 Å². The van der Waals surface area contributed by atoms with Gasteiger partial charge in [-0.3, -0.25) is 14.5 Å². The van der Waals surface area contributed by atoms with E-state index in [1.807, 2.05) is 0 Å². The molecule has 0 aromatic heterocycles. The lowest BCUT2D eigenvalue weighted by Gasteiger charge is -2.19. The number of amides is 2. The van der Waals surface area contributed by atoms with E-state index in [4.69, 9.17) is 0 Å². The summed E-state index contributed by atoms with van der Waals surface area (Å²) in [5.41, 5.74) is -0.124. The van der Waals surface area contributed by atoms with Crippen LogP contribution in [0.4, 0.5) is 8.78 Å². The minimum Gasteiger partial charge on any atom is -0.386 e. The van der Waals surface area contributed by atoms with Crippen molar-refractivity contribution in [1.82, 2.24) is 4.90 Å². The number of nitrogens with zero attached hydrogens (tertiary/aromatic N) is 1. The van der Waals surface area contributed by atoms with E-state index in [0.29, 0.717) is 0 Å². The molecule has 0 radical (unpaired) electrons. The average Bonchev–Trinajstić information content (AvgIpc) is 2.73. The molecule has 0 saturated heterocycles. The van der Waals surface area contributed by atoms with Crippen LogP contribution in [0.2, 0.25) is 0 Å². The molecule has 0 fully saturated rings. The summed E-state index contributed by atoms with van der Waals surface area (Å²) >= 11 is 0. The highest BCUT2D eigenvalue weighted by Crippen LogP contribution is 2.27. The first kappa shape index (κ1) is 14.3. The third kappa shape index (κ3) is 2.17. The highest BCUT2D eigenvalue weighted by atomic mass is 19.1. The topological polar surface area (TPSA) is 57.6 Å². The molecule has 1 heterocycles. The Labute approximate surface area is 124 Å². The zero-order valence-electron chi connectivity index (χ0n) is 11.3. The molecule has 0 saturated carbocycles. The quantitative estimate of drug-likeness (QED) is 0.885. The van der Waals surface area contributed by atoms with Gasteiger partial charge in [-0.25, -0.2) is 8.78 Å². The van der Waals surface area contributed by atoms with E-state index in [1.54, 1.807) is 12.1 Å². The molecule has 1 atom stereocenters. The zero-order chi connectivity index (χ0) is 15.9. The van der Waals surface area contributed by atoms with Gasteiger partial charge in [0.1, 0.15) is 17.7 Å². The van der Waals surface area contributed by atoms with E-state index in [2.05, 4.69) is 0 Å². The highest BCUT2D eigenvalue weighted by molar-refractivity contribution is 6.21.